The Morgan fingerprint density at radius 1 is 0.340 bits per heavy atom. The molecule has 0 saturated heterocycles. The van der Waals surface area contributed by atoms with Gasteiger partial charge in [-0.1, -0.05) is 158 Å². The van der Waals surface area contributed by atoms with E-state index in [1.54, 1.807) is 0 Å². The molecule has 0 spiro atoms. The van der Waals surface area contributed by atoms with Crippen molar-refractivity contribution in [1.29, 1.82) is 0 Å². The first-order valence-corrected chi connectivity index (χ1v) is 18.1. The summed E-state index contributed by atoms with van der Waals surface area (Å²) in [6.07, 6.45) is 0. The van der Waals surface area contributed by atoms with Gasteiger partial charge in [-0.15, -0.1) is 0 Å². The summed E-state index contributed by atoms with van der Waals surface area (Å²) in [4.78, 5) is 4.96. The number of benzene rings is 10. The van der Waals surface area contributed by atoms with Crippen LogP contribution in [0.5, 0.6) is 0 Å². The molecule has 0 aliphatic heterocycles. The zero-order chi connectivity index (χ0) is 34.9. The summed E-state index contributed by atoms with van der Waals surface area (Å²) in [5, 5.41) is 12.0. The van der Waals surface area contributed by atoms with Crippen molar-refractivity contribution in [2.24, 2.45) is 0 Å². The number of rotatable bonds is 4. The molecule has 0 amide bonds. The molecule has 0 fully saturated rings. The Morgan fingerprint density at radius 2 is 0.906 bits per heavy atom. The van der Waals surface area contributed by atoms with Crippen LogP contribution in [0.15, 0.2) is 192 Å². The van der Waals surface area contributed by atoms with E-state index < -0.39 is 0 Å². The van der Waals surface area contributed by atoms with Gasteiger partial charge in [0.05, 0.1) is 0 Å². The second-order valence-corrected chi connectivity index (χ2v) is 13.8. The average Bonchev–Trinajstić information content (AvgIpc) is 3.68. The van der Waals surface area contributed by atoms with Crippen LogP contribution in [0.4, 0.5) is 0 Å². The van der Waals surface area contributed by atoms with Crippen molar-refractivity contribution in [3.05, 3.63) is 188 Å². The Labute approximate surface area is 306 Å². The van der Waals surface area contributed by atoms with Gasteiger partial charge in [-0.2, -0.15) is 0 Å². The van der Waals surface area contributed by atoms with E-state index in [-0.39, 0.29) is 0 Å². The highest BCUT2D eigenvalue weighted by Crippen LogP contribution is 2.48. The largest absolute Gasteiger partial charge is 0.435 e. The van der Waals surface area contributed by atoms with Gasteiger partial charge in [0.25, 0.3) is 0 Å². The van der Waals surface area contributed by atoms with E-state index in [2.05, 4.69) is 158 Å². The second-order valence-electron chi connectivity index (χ2n) is 13.8. The number of hydrogen-bond donors (Lipinski definition) is 0. The molecule has 11 rings (SSSR count). The third-order valence-corrected chi connectivity index (χ3v) is 10.9. The minimum atomic E-state index is 0.634. The molecule has 2 heteroatoms. The van der Waals surface area contributed by atoms with Gasteiger partial charge < -0.3 is 4.42 Å². The molecule has 1 heterocycles. The van der Waals surface area contributed by atoms with Crippen LogP contribution in [0, 0.1) is 0 Å². The molecule has 0 atom stereocenters. The summed E-state index contributed by atoms with van der Waals surface area (Å²) < 4.78 is 6.67. The number of hydrogen-bond acceptors (Lipinski definition) is 2. The van der Waals surface area contributed by atoms with Gasteiger partial charge in [0.1, 0.15) is 5.52 Å². The molecule has 0 bridgehead atoms. The van der Waals surface area contributed by atoms with Gasteiger partial charge in [-0.25, -0.2) is 4.98 Å². The number of aromatic nitrogens is 1. The van der Waals surface area contributed by atoms with Gasteiger partial charge in [0.2, 0.25) is 5.89 Å². The first-order valence-electron chi connectivity index (χ1n) is 18.1. The van der Waals surface area contributed by atoms with Crippen molar-refractivity contribution in [2.45, 2.75) is 0 Å². The minimum absolute atomic E-state index is 0.634. The van der Waals surface area contributed by atoms with E-state index in [4.69, 9.17) is 9.40 Å². The minimum Gasteiger partial charge on any atom is -0.435 e. The summed E-state index contributed by atoms with van der Waals surface area (Å²) in [6.45, 7) is 0. The van der Waals surface area contributed by atoms with Crippen molar-refractivity contribution in [1.82, 2.24) is 4.98 Å². The van der Waals surface area contributed by atoms with Gasteiger partial charge in [-0.3, -0.25) is 0 Å². The van der Waals surface area contributed by atoms with Crippen LogP contribution in [0.3, 0.4) is 0 Å². The molecule has 0 unspecified atom stereocenters. The van der Waals surface area contributed by atoms with E-state index in [0.29, 0.717) is 5.89 Å². The molecular formula is C51H31NO. The molecule has 0 saturated carbocycles. The quantitative estimate of drug-likeness (QED) is 0.137. The van der Waals surface area contributed by atoms with Crippen LogP contribution in [-0.4, -0.2) is 4.98 Å². The van der Waals surface area contributed by atoms with Crippen LogP contribution in [0.25, 0.3) is 110 Å². The highest BCUT2D eigenvalue weighted by molar-refractivity contribution is 6.28. The number of nitrogens with zero attached hydrogens (tertiary/aromatic N) is 1. The molecule has 246 valence electrons. The summed E-state index contributed by atoms with van der Waals surface area (Å²) in [7, 11) is 0. The average molecular weight is 674 g/mol. The lowest BCUT2D eigenvalue weighted by atomic mass is 9.83. The first-order chi connectivity index (χ1) is 26.3. The van der Waals surface area contributed by atoms with Crippen LogP contribution in [0.1, 0.15) is 0 Å². The monoisotopic (exact) mass is 673 g/mol. The molecule has 53 heavy (non-hydrogen) atoms. The van der Waals surface area contributed by atoms with Crippen molar-refractivity contribution >= 4 is 65.0 Å². The Morgan fingerprint density at radius 3 is 1.62 bits per heavy atom. The van der Waals surface area contributed by atoms with Gasteiger partial charge >= 0.3 is 0 Å². The third kappa shape index (κ3) is 4.70. The lowest BCUT2D eigenvalue weighted by Crippen LogP contribution is -1.92. The van der Waals surface area contributed by atoms with Crippen LogP contribution in [-0.2, 0) is 0 Å². The molecule has 2 nitrogen and oxygen atoms in total. The van der Waals surface area contributed by atoms with Crippen LogP contribution in [0.2, 0.25) is 0 Å². The molecule has 11 aromatic rings. The predicted octanol–water partition coefficient (Wildman–Crippen LogP) is 14.3. The van der Waals surface area contributed by atoms with E-state index in [1.165, 1.54) is 71.1 Å². The normalized spacial score (nSPS) is 11.8. The molecule has 1 aromatic heterocycles. The summed E-state index contributed by atoms with van der Waals surface area (Å²) in [6, 6.07) is 67.7. The summed E-state index contributed by atoms with van der Waals surface area (Å²) in [5.41, 5.74) is 9.94. The second kappa shape index (κ2) is 11.8. The molecule has 0 N–H and O–H groups in total. The van der Waals surface area contributed by atoms with Crippen LogP contribution >= 0.6 is 0 Å². The van der Waals surface area contributed by atoms with E-state index in [1.807, 2.05) is 30.3 Å². The highest BCUT2D eigenvalue weighted by Gasteiger charge is 2.21. The van der Waals surface area contributed by atoms with Gasteiger partial charge in [-0.05, 0) is 112 Å². The smallest absolute Gasteiger partial charge is 0.227 e. The highest BCUT2D eigenvalue weighted by atomic mass is 16.3. The SMILES string of the molecule is c1ccc(-c2nc3ccc4c(-c5c6ccccc6c(-c6ccc(-c7ccc8ccccc8c7)cc6)c6ccccc56)cc5ccccc5c4c3o2)cc1. The maximum Gasteiger partial charge on any atom is 0.227 e. The Hall–Kier alpha value is -7.03. The van der Waals surface area contributed by atoms with E-state index in [9.17, 15) is 0 Å². The molecule has 10 aromatic carbocycles. The lowest BCUT2D eigenvalue weighted by molar-refractivity contribution is 0.623. The van der Waals surface area contributed by atoms with Crippen molar-refractivity contribution in [2.75, 3.05) is 0 Å². The number of oxazole rings is 1. The fourth-order valence-electron chi connectivity index (χ4n) is 8.41. The Balaban J connectivity index is 1.16. The summed E-state index contributed by atoms with van der Waals surface area (Å²) in [5.74, 6) is 0.634. The first kappa shape index (κ1) is 29.7. The van der Waals surface area contributed by atoms with E-state index in [0.717, 1.165) is 32.8 Å². The zero-order valence-electron chi connectivity index (χ0n) is 28.8. The van der Waals surface area contributed by atoms with Crippen LogP contribution < -0.4 is 0 Å². The third-order valence-electron chi connectivity index (χ3n) is 10.9. The van der Waals surface area contributed by atoms with Crippen molar-refractivity contribution < 1.29 is 4.42 Å². The Bertz CT molecular complexity index is 3150. The predicted molar refractivity (Wildman–Crippen MR) is 223 cm³/mol. The molecular weight excluding hydrogens is 643 g/mol. The number of fused-ring (bicyclic) bond motifs is 8. The van der Waals surface area contributed by atoms with E-state index >= 15 is 0 Å². The molecule has 0 radical (unpaired) electrons. The maximum absolute atomic E-state index is 6.67. The van der Waals surface area contributed by atoms with Crippen molar-refractivity contribution in [3.8, 4) is 44.8 Å². The fraction of sp³-hybridized carbons (Fsp3) is 0. The van der Waals surface area contributed by atoms with Crippen molar-refractivity contribution in [3.63, 3.8) is 0 Å². The zero-order valence-corrected chi connectivity index (χ0v) is 28.8. The molecule has 0 aliphatic rings. The Kier molecular flexibility index (Phi) is 6.59. The molecule has 0 aliphatic carbocycles. The maximum atomic E-state index is 6.67. The standard InChI is InChI=1S/C51H31NO/c1-2-13-35(14-3-1)51-52-46-29-28-44-45(31-38-16-6-7-17-39(38)49(44)50(46)53-51)48-42-20-10-8-18-40(42)47(41-19-9-11-21-43(41)48)34-25-22-33(23-26-34)37-27-24-32-12-4-5-15-36(32)30-37/h1-31H. The topological polar surface area (TPSA) is 26.0 Å². The summed E-state index contributed by atoms with van der Waals surface area (Å²) >= 11 is 0. The fourth-order valence-corrected chi connectivity index (χ4v) is 8.41. The van der Waals surface area contributed by atoms with Gasteiger partial charge in [0, 0.05) is 10.9 Å². The van der Waals surface area contributed by atoms with Gasteiger partial charge in [0.15, 0.2) is 5.58 Å². The lowest BCUT2D eigenvalue weighted by Gasteiger charge is -2.19.